The van der Waals surface area contributed by atoms with E-state index in [1.807, 2.05) is 4.90 Å². The Hall–Kier alpha value is -0.940. The fourth-order valence-electron chi connectivity index (χ4n) is 3.32. The quantitative estimate of drug-likeness (QED) is 0.784. The van der Waals surface area contributed by atoms with E-state index in [1.54, 1.807) is 12.1 Å². The van der Waals surface area contributed by atoms with E-state index in [0.29, 0.717) is 18.6 Å². The van der Waals surface area contributed by atoms with Crippen LogP contribution in [-0.4, -0.2) is 47.9 Å². The third-order valence-corrected chi connectivity index (χ3v) is 5.09. The average molecular weight is 341 g/mol. The number of fused-ring (bicyclic) bond motifs is 2. The first-order chi connectivity index (χ1) is 9.56. The molecule has 0 saturated carbocycles. The highest BCUT2D eigenvalue weighted by molar-refractivity contribution is 9.10. The molecule has 0 spiro atoms. The first kappa shape index (κ1) is 14.0. The SMILES string of the molecule is CN1C2CCC1CN(C(=O)c1cc(Br)ccc1F)CC2. The third kappa shape index (κ3) is 2.49. The number of carbonyl (C=O) groups is 1. The van der Waals surface area contributed by atoms with Gasteiger partial charge in [-0.2, -0.15) is 0 Å². The number of benzene rings is 1. The molecule has 2 aliphatic rings. The summed E-state index contributed by atoms with van der Waals surface area (Å²) in [5.74, 6) is -0.634. The molecule has 2 heterocycles. The largest absolute Gasteiger partial charge is 0.337 e. The molecule has 0 N–H and O–H groups in total. The van der Waals surface area contributed by atoms with Crippen LogP contribution in [0, 0.1) is 5.82 Å². The zero-order chi connectivity index (χ0) is 14.3. The maximum atomic E-state index is 13.9. The second kappa shape index (κ2) is 5.45. The maximum absolute atomic E-state index is 13.9. The smallest absolute Gasteiger partial charge is 0.256 e. The van der Waals surface area contributed by atoms with E-state index in [0.717, 1.165) is 23.9 Å². The summed E-state index contributed by atoms with van der Waals surface area (Å²) >= 11 is 3.30. The number of carbonyl (C=O) groups excluding carboxylic acids is 1. The van der Waals surface area contributed by atoms with Gasteiger partial charge in [-0.15, -0.1) is 0 Å². The lowest BCUT2D eigenvalue weighted by Crippen LogP contribution is -2.40. The molecule has 1 aromatic carbocycles. The fourth-order valence-corrected chi connectivity index (χ4v) is 3.69. The van der Waals surface area contributed by atoms with Crippen molar-refractivity contribution in [2.24, 2.45) is 0 Å². The Labute approximate surface area is 126 Å². The van der Waals surface area contributed by atoms with E-state index >= 15 is 0 Å². The minimum Gasteiger partial charge on any atom is -0.337 e. The minimum atomic E-state index is -0.444. The Balaban J connectivity index is 1.82. The van der Waals surface area contributed by atoms with Gasteiger partial charge in [0, 0.05) is 29.6 Å². The van der Waals surface area contributed by atoms with Gasteiger partial charge in [0.1, 0.15) is 5.82 Å². The van der Waals surface area contributed by atoms with Gasteiger partial charge in [-0.1, -0.05) is 15.9 Å². The molecular formula is C15H18BrFN2O. The molecule has 1 amide bonds. The van der Waals surface area contributed by atoms with Crippen molar-refractivity contribution in [3.63, 3.8) is 0 Å². The Bertz CT molecular complexity index is 537. The molecular weight excluding hydrogens is 323 g/mol. The summed E-state index contributed by atoms with van der Waals surface area (Å²) in [6.45, 7) is 1.42. The van der Waals surface area contributed by atoms with Crippen LogP contribution in [0.25, 0.3) is 0 Å². The van der Waals surface area contributed by atoms with Gasteiger partial charge in [0.05, 0.1) is 5.56 Å². The minimum absolute atomic E-state index is 0.166. The van der Waals surface area contributed by atoms with E-state index in [9.17, 15) is 9.18 Å². The Morgan fingerprint density at radius 1 is 1.30 bits per heavy atom. The maximum Gasteiger partial charge on any atom is 0.256 e. The van der Waals surface area contributed by atoms with Crippen LogP contribution >= 0.6 is 15.9 Å². The van der Waals surface area contributed by atoms with Gasteiger partial charge in [-0.05, 0) is 44.5 Å². The summed E-state index contributed by atoms with van der Waals surface area (Å²) in [7, 11) is 2.13. The van der Waals surface area contributed by atoms with Crippen molar-refractivity contribution in [2.75, 3.05) is 20.1 Å². The highest BCUT2D eigenvalue weighted by Crippen LogP contribution is 2.29. The number of nitrogens with zero attached hydrogens (tertiary/aromatic N) is 2. The first-order valence-electron chi connectivity index (χ1n) is 7.02. The lowest BCUT2D eigenvalue weighted by molar-refractivity contribution is 0.0735. The molecule has 3 rings (SSSR count). The highest BCUT2D eigenvalue weighted by Gasteiger charge is 2.36. The lowest BCUT2D eigenvalue weighted by atomic mass is 10.1. The predicted molar refractivity (Wildman–Crippen MR) is 79.2 cm³/mol. The molecule has 20 heavy (non-hydrogen) atoms. The van der Waals surface area contributed by atoms with E-state index in [1.165, 1.54) is 12.5 Å². The van der Waals surface area contributed by atoms with Crippen LogP contribution in [0.1, 0.15) is 29.6 Å². The third-order valence-electron chi connectivity index (χ3n) is 4.59. The van der Waals surface area contributed by atoms with E-state index < -0.39 is 5.82 Å². The molecule has 3 nitrogen and oxygen atoms in total. The highest BCUT2D eigenvalue weighted by atomic mass is 79.9. The zero-order valence-electron chi connectivity index (χ0n) is 11.5. The van der Waals surface area contributed by atoms with Crippen molar-refractivity contribution in [3.8, 4) is 0 Å². The number of likely N-dealkylation sites (N-methyl/N-ethyl adjacent to an activating group) is 1. The number of rotatable bonds is 1. The van der Waals surface area contributed by atoms with Gasteiger partial charge in [-0.25, -0.2) is 4.39 Å². The molecule has 2 aliphatic heterocycles. The van der Waals surface area contributed by atoms with Gasteiger partial charge in [0.25, 0.3) is 5.91 Å². The summed E-state index contributed by atoms with van der Waals surface area (Å²) in [5.41, 5.74) is 0.166. The monoisotopic (exact) mass is 340 g/mol. The van der Waals surface area contributed by atoms with Crippen LogP contribution < -0.4 is 0 Å². The summed E-state index contributed by atoms with van der Waals surface area (Å²) in [5, 5.41) is 0. The molecule has 0 aromatic heterocycles. The topological polar surface area (TPSA) is 23.6 Å². The molecule has 2 atom stereocenters. The van der Waals surface area contributed by atoms with Crippen molar-refractivity contribution in [3.05, 3.63) is 34.1 Å². The normalized spacial score (nSPS) is 26.6. The molecule has 0 radical (unpaired) electrons. The molecule has 2 bridgehead atoms. The van der Waals surface area contributed by atoms with Gasteiger partial charge in [0.15, 0.2) is 0 Å². The number of likely N-dealkylation sites (tertiary alicyclic amines) is 1. The Kier molecular flexibility index (Phi) is 3.82. The molecule has 0 aliphatic carbocycles. The van der Waals surface area contributed by atoms with Crippen LogP contribution in [0.5, 0.6) is 0 Å². The average Bonchev–Trinajstić information content (AvgIpc) is 2.65. The summed E-state index contributed by atoms with van der Waals surface area (Å²) in [6.07, 6.45) is 3.33. The van der Waals surface area contributed by atoms with Gasteiger partial charge < -0.3 is 4.90 Å². The lowest BCUT2D eigenvalue weighted by Gasteiger charge is -2.26. The molecule has 5 heteroatoms. The number of amides is 1. The molecule has 1 aromatic rings. The standard InChI is InChI=1S/C15H18BrFN2O/c1-18-11-3-4-12(18)9-19(7-6-11)15(20)13-8-10(16)2-5-14(13)17/h2,5,8,11-12H,3-4,6-7,9H2,1H3. The van der Waals surface area contributed by atoms with E-state index in [4.69, 9.17) is 0 Å². The second-order valence-electron chi connectivity index (χ2n) is 5.71. The van der Waals surface area contributed by atoms with Crippen LogP contribution in [0.3, 0.4) is 0 Å². The van der Waals surface area contributed by atoms with Crippen molar-refractivity contribution in [2.45, 2.75) is 31.3 Å². The van der Waals surface area contributed by atoms with E-state index in [2.05, 4.69) is 27.9 Å². The second-order valence-corrected chi connectivity index (χ2v) is 6.63. The first-order valence-corrected chi connectivity index (χ1v) is 7.82. The summed E-state index contributed by atoms with van der Waals surface area (Å²) in [6, 6.07) is 5.52. The summed E-state index contributed by atoms with van der Waals surface area (Å²) < 4.78 is 14.6. The predicted octanol–water partition coefficient (Wildman–Crippen LogP) is 2.90. The Morgan fingerprint density at radius 2 is 2.05 bits per heavy atom. The van der Waals surface area contributed by atoms with Gasteiger partial charge >= 0.3 is 0 Å². The van der Waals surface area contributed by atoms with Crippen molar-refractivity contribution >= 4 is 21.8 Å². The van der Waals surface area contributed by atoms with Crippen molar-refractivity contribution in [1.82, 2.24) is 9.80 Å². The number of hydrogen-bond donors (Lipinski definition) is 0. The molecule has 2 saturated heterocycles. The van der Waals surface area contributed by atoms with Crippen LogP contribution in [0.15, 0.2) is 22.7 Å². The van der Waals surface area contributed by atoms with Crippen LogP contribution in [0.2, 0.25) is 0 Å². The molecule has 108 valence electrons. The van der Waals surface area contributed by atoms with E-state index in [-0.39, 0.29) is 11.5 Å². The number of halogens is 2. The molecule has 2 unspecified atom stereocenters. The van der Waals surface area contributed by atoms with Gasteiger partial charge in [-0.3, -0.25) is 9.69 Å². The van der Waals surface area contributed by atoms with Crippen molar-refractivity contribution < 1.29 is 9.18 Å². The molecule has 2 fully saturated rings. The van der Waals surface area contributed by atoms with Crippen LogP contribution in [0.4, 0.5) is 4.39 Å². The van der Waals surface area contributed by atoms with Gasteiger partial charge in [0.2, 0.25) is 0 Å². The van der Waals surface area contributed by atoms with Crippen molar-refractivity contribution in [1.29, 1.82) is 0 Å². The number of hydrogen-bond acceptors (Lipinski definition) is 2. The summed E-state index contributed by atoms with van der Waals surface area (Å²) in [4.78, 5) is 16.7. The van der Waals surface area contributed by atoms with Crippen LogP contribution in [-0.2, 0) is 0 Å². The fraction of sp³-hybridized carbons (Fsp3) is 0.533. The zero-order valence-corrected chi connectivity index (χ0v) is 13.1. The Morgan fingerprint density at radius 3 is 2.85 bits per heavy atom.